The molecule has 34 heavy (non-hydrogen) atoms. The van der Waals surface area contributed by atoms with Crippen LogP contribution in [0.25, 0.3) is 6.08 Å². The first kappa shape index (κ1) is 24.1. The molecule has 2 aromatic heterocycles. The Balaban J connectivity index is 1.37. The highest BCUT2D eigenvalue weighted by molar-refractivity contribution is 7.12. The molecule has 1 aliphatic heterocycles. The number of ketones is 1. The lowest BCUT2D eigenvalue weighted by Crippen LogP contribution is -2.38. The summed E-state index contributed by atoms with van der Waals surface area (Å²) in [5.74, 6) is 0.140. The van der Waals surface area contributed by atoms with Gasteiger partial charge in [-0.3, -0.25) is 9.78 Å². The number of aliphatic hydroxyl groups excluding tert-OH is 1. The third-order valence-corrected chi connectivity index (χ3v) is 7.93. The second kappa shape index (κ2) is 10.9. The van der Waals surface area contributed by atoms with Crippen LogP contribution in [0.3, 0.4) is 0 Å². The van der Waals surface area contributed by atoms with E-state index < -0.39 is 0 Å². The SMILES string of the molecule is Cc1ccncc1/C=C/C(=O)Cc1sc2c(c1C#N)CCC(COC(=O)N1CCC[C@H]1CO)C2. The maximum Gasteiger partial charge on any atom is 0.410 e. The van der Waals surface area contributed by atoms with Crippen LogP contribution in [0.2, 0.25) is 0 Å². The predicted molar refractivity (Wildman–Crippen MR) is 129 cm³/mol. The van der Waals surface area contributed by atoms with Crippen LogP contribution < -0.4 is 0 Å². The molecule has 1 amide bonds. The van der Waals surface area contributed by atoms with Crippen molar-refractivity contribution in [3.63, 3.8) is 0 Å². The fraction of sp³-hybridized carbons (Fsp3) is 0.462. The normalized spacial score (nSPS) is 19.7. The summed E-state index contributed by atoms with van der Waals surface area (Å²) in [6.07, 6.45) is 10.6. The molecule has 3 heterocycles. The van der Waals surface area contributed by atoms with Gasteiger partial charge in [-0.2, -0.15) is 5.26 Å². The number of aromatic nitrogens is 1. The maximum absolute atomic E-state index is 12.6. The lowest BCUT2D eigenvalue weighted by molar-refractivity contribution is -0.113. The first-order valence-corrected chi connectivity index (χ1v) is 12.5. The van der Waals surface area contributed by atoms with Gasteiger partial charge in [-0.25, -0.2) is 4.79 Å². The number of likely N-dealkylation sites (tertiary alicyclic amines) is 1. The van der Waals surface area contributed by atoms with Crippen LogP contribution in [0.4, 0.5) is 4.79 Å². The number of pyridine rings is 1. The van der Waals surface area contributed by atoms with Crippen LogP contribution in [0.1, 0.15) is 51.3 Å². The number of hydrogen-bond acceptors (Lipinski definition) is 7. The average molecular weight is 480 g/mol. The van der Waals surface area contributed by atoms with Crippen LogP contribution in [0, 0.1) is 24.2 Å². The Hall–Kier alpha value is -3.02. The molecular formula is C26H29N3O4S. The maximum atomic E-state index is 12.6. The van der Waals surface area contributed by atoms with Crippen molar-refractivity contribution in [1.82, 2.24) is 9.88 Å². The summed E-state index contributed by atoms with van der Waals surface area (Å²) >= 11 is 1.53. The van der Waals surface area contributed by atoms with E-state index in [4.69, 9.17) is 4.74 Å². The minimum atomic E-state index is -0.354. The standard InChI is InChI=1S/C26H29N3O4S/c1-17-8-9-28-14-19(17)5-6-21(31)12-25-23(13-27)22-7-4-18(11-24(22)34-25)16-33-26(32)29-10-2-3-20(29)15-30/h5-6,8-9,14,18,20,30H,2-4,7,10-12,15-16H2,1H3/b6-5+/t18?,20-/m0/s1. The molecular weight excluding hydrogens is 450 g/mol. The minimum absolute atomic E-state index is 0.0352. The molecule has 1 unspecified atom stereocenters. The topological polar surface area (TPSA) is 104 Å². The second-order valence-electron chi connectivity index (χ2n) is 8.98. The van der Waals surface area contributed by atoms with Gasteiger partial charge in [0.1, 0.15) is 6.07 Å². The van der Waals surface area contributed by atoms with Crippen LogP contribution in [0.15, 0.2) is 24.5 Å². The molecule has 0 bridgehead atoms. The average Bonchev–Trinajstić information content (AvgIpc) is 3.45. The van der Waals surface area contributed by atoms with Gasteiger partial charge in [0, 0.05) is 35.1 Å². The van der Waals surface area contributed by atoms with Crippen LogP contribution in [-0.2, 0) is 28.8 Å². The minimum Gasteiger partial charge on any atom is -0.449 e. The largest absolute Gasteiger partial charge is 0.449 e. The summed E-state index contributed by atoms with van der Waals surface area (Å²) in [6.45, 7) is 2.89. The fourth-order valence-electron chi connectivity index (χ4n) is 4.70. The Labute approximate surface area is 203 Å². The third-order valence-electron chi connectivity index (χ3n) is 6.68. The molecule has 2 aromatic rings. The number of carbonyl (C=O) groups is 2. The summed E-state index contributed by atoms with van der Waals surface area (Å²) in [7, 11) is 0. The van der Waals surface area contributed by atoms with Crippen molar-refractivity contribution in [3.8, 4) is 6.07 Å². The molecule has 0 saturated carbocycles. The lowest BCUT2D eigenvalue weighted by atomic mass is 9.87. The number of rotatable bonds is 7. The predicted octanol–water partition coefficient (Wildman–Crippen LogP) is 3.85. The number of nitrogens with zero attached hydrogens (tertiary/aromatic N) is 3. The summed E-state index contributed by atoms with van der Waals surface area (Å²) in [5, 5.41) is 19.2. The molecule has 0 aromatic carbocycles. The van der Waals surface area contributed by atoms with Gasteiger partial charge in [0.2, 0.25) is 0 Å². The molecule has 0 spiro atoms. The zero-order chi connectivity index (χ0) is 24.1. The van der Waals surface area contributed by atoms with Crippen molar-refractivity contribution < 1.29 is 19.4 Å². The molecule has 0 radical (unpaired) electrons. The van der Waals surface area contributed by atoms with Gasteiger partial charge in [-0.05, 0) is 79.9 Å². The number of nitriles is 1. The van der Waals surface area contributed by atoms with E-state index in [1.807, 2.05) is 13.0 Å². The first-order valence-electron chi connectivity index (χ1n) is 11.7. The van der Waals surface area contributed by atoms with Crippen molar-refractivity contribution in [3.05, 3.63) is 56.5 Å². The molecule has 1 fully saturated rings. The number of amides is 1. The summed E-state index contributed by atoms with van der Waals surface area (Å²) in [5.41, 5.74) is 3.63. The number of thiophene rings is 1. The van der Waals surface area contributed by atoms with E-state index in [-0.39, 0.29) is 36.9 Å². The number of carbonyl (C=O) groups excluding carboxylic acids is 2. The lowest BCUT2D eigenvalue weighted by Gasteiger charge is -2.25. The van der Waals surface area contributed by atoms with Crippen molar-refractivity contribution in [1.29, 1.82) is 5.26 Å². The zero-order valence-electron chi connectivity index (χ0n) is 19.3. The number of aryl methyl sites for hydroxylation is 1. The van der Waals surface area contributed by atoms with E-state index in [9.17, 15) is 20.0 Å². The van der Waals surface area contributed by atoms with E-state index in [0.29, 0.717) is 18.7 Å². The Bertz CT molecular complexity index is 1130. The van der Waals surface area contributed by atoms with Gasteiger partial charge in [0.25, 0.3) is 0 Å². The van der Waals surface area contributed by atoms with E-state index in [0.717, 1.165) is 58.5 Å². The Morgan fingerprint density at radius 3 is 3.03 bits per heavy atom. The molecule has 2 aliphatic rings. The first-order chi connectivity index (χ1) is 16.5. The molecule has 1 aliphatic carbocycles. The quantitative estimate of drug-likeness (QED) is 0.605. The molecule has 1 N–H and O–H groups in total. The number of fused-ring (bicyclic) bond motifs is 1. The zero-order valence-corrected chi connectivity index (χ0v) is 20.1. The number of aliphatic hydroxyl groups is 1. The summed E-state index contributed by atoms with van der Waals surface area (Å²) < 4.78 is 5.57. The fourth-order valence-corrected chi connectivity index (χ4v) is 6.13. The van der Waals surface area contributed by atoms with E-state index in [2.05, 4.69) is 11.1 Å². The number of allylic oxidation sites excluding steroid dienone is 1. The highest BCUT2D eigenvalue weighted by Gasteiger charge is 2.31. The van der Waals surface area contributed by atoms with Crippen molar-refractivity contribution in [2.75, 3.05) is 19.8 Å². The molecule has 1 saturated heterocycles. The van der Waals surface area contributed by atoms with E-state index in [1.165, 1.54) is 11.3 Å². The van der Waals surface area contributed by atoms with Crippen LogP contribution >= 0.6 is 11.3 Å². The molecule has 2 atom stereocenters. The van der Waals surface area contributed by atoms with Crippen molar-refractivity contribution in [2.24, 2.45) is 5.92 Å². The van der Waals surface area contributed by atoms with Gasteiger partial charge in [-0.15, -0.1) is 11.3 Å². The second-order valence-corrected chi connectivity index (χ2v) is 10.2. The highest BCUT2D eigenvalue weighted by atomic mass is 32.1. The molecule has 4 rings (SSSR count). The molecule has 7 nitrogen and oxygen atoms in total. The number of hydrogen-bond donors (Lipinski definition) is 1. The summed E-state index contributed by atoms with van der Waals surface area (Å²) in [4.78, 5) is 32.7. The third kappa shape index (κ3) is 5.37. The Morgan fingerprint density at radius 1 is 1.41 bits per heavy atom. The molecule has 178 valence electrons. The van der Waals surface area contributed by atoms with Gasteiger partial charge in [0.05, 0.1) is 24.8 Å². The van der Waals surface area contributed by atoms with Crippen LogP contribution in [-0.4, -0.2) is 52.7 Å². The van der Waals surface area contributed by atoms with Crippen molar-refractivity contribution >= 4 is 29.3 Å². The monoisotopic (exact) mass is 479 g/mol. The van der Waals surface area contributed by atoms with Gasteiger partial charge in [0.15, 0.2) is 5.78 Å². The number of ether oxygens (including phenoxy) is 1. The summed E-state index contributed by atoms with van der Waals surface area (Å²) in [6, 6.07) is 4.07. The smallest absolute Gasteiger partial charge is 0.410 e. The van der Waals surface area contributed by atoms with E-state index >= 15 is 0 Å². The van der Waals surface area contributed by atoms with Crippen molar-refractivity contribution in [2.45, 2.75) is 51.5 Å². The molecule has 8 heteroatoms. The Morgan fingerprint density at radius 2 is 2.26 bits per heavy atom. The highest BCUT2D eigenvalue weighted by Crippen LogP contribution is 2.37. The Kier molecular flexibility index (Phi) is 7.76. The van der Waals surface area contributed by atoms with Crippen LogP contribution in [0.5, 0.6) is 0 Å². The van der Waals surface area contributed by atoms with Gasteiger partial charge < -0.3 is 14.7 Å². The van der Waals surface area contributed by atoms with Gasteiger partial charge in [-0.1, -0.05) is 0 Å². The van der Waals surface area contributed by atoms with Gasteiger partial charge >= 0.3 is 6.09 Å². The van der Waals surface area contributed by atoms with E-state index in [1.54, 1.807) is 29.4 Å².